The lowest BCUT2D eigenvalue weighted by Gasteiger charge is -2.12. The third-order valence-corrected chi connectivity index (χ3v) is 2.72. The van der Waals surface area contributed by atoms with Gasteiger partial charge in [-0.05, 0) is 29.8 Å². The highest BCUT2D eigenvalue weighted by Crippen LogP contribution is 2.24. The van der Waals surface area contributed by atoms with Gasteiger partial charge in [0.1, 0.15) is 0 Å². The summed E-state index contributed by atoms with van der Waals surface area (Å²) in [6, 6.07) is 13.7. The monoisotopic (exact) mass is 229 g/mol. The normalized spacial score (nSPS) is 12.1. The second kappa shape index (κ2) is 4.95. The lowest BCUT2D eigenvalue weighted by atomic mass is 9.95. The minimum absolute atomic E-state index is 0.124. The molecule has 0 fully saturated rings. The first kappa shape index (κ1) is 10.9. The Hall–Kier alpha value is -1.60. The molecule has 0 saturated carbocycles. The highest BCUT2D eigenvalue weighted by molar-refractivity contribution is 6.30. The van der Waals surface area contributed by atoms with E-state index in [-0.39, 0.29) is 5.92 Å². The van der Waals surface area contributed by atoms with Crippen LogP contribution in [0.3, 0.4) is 0 Å². The zero-order chi connectivity index (χ0) is 11.4. The van der Waals surface area contributed by atoms with Crippen LogP contribution >= 0.6 is 11.6 Å². The Morgan fingerprint density at radius 3 is 2.44 bits per heavy atom. The van der Waals surface area contributed by atoms with Crippen molar-refractivity contribution in [3.63, 3.8) is 0 Å². The molecule has 2 rings (SSSR count). The van der Waals surface area contributed by atoms with Gasteiger partial charge in [0, 0.05) is 17.1 Å². The second-order valence-corrected chi connectivity index (χ2v) is 3.96. The topological polar surface area (TPSA) is 12.9 Å². The summed E-state index contributed by atoms with van der Waals surface area (Å²) in [5.74, 6) is 0.124. The summed E-state index contributed by atoms with van der Waals surface area (Å²) >= 11 is 5.86. The molecule has 0 radical (unpaired) electrons. The molecule has 1 atom stereocenters. The van der Waals surface area contributed by atoms with Gasteiger partial charge < -0.3 is 0 Å². The maximum absolute atomic E-state index is 5.86. The van der Waals surface area contributed by atoms with Crippen LogP contribution in [0.5, 0.6) is 0 Å². The maximum Gasteiger partial charge on any atom is 0.0516 e. The highest BCUT2D eigenvalue weighted by Gasteiger charge is 2.10. The van der Waals surface area contributed by atoms with E-state index in [9.17, 15) is 0 Å². The van der Waals surface area contributed by atoms with E-state index in [1.807, 2.05) is 48.5 Å². The van der Waals surface area contributed by atoms with E-state index in [0.717, 1.165) is 16.3 Å². The Kier molecular flexibility index (Phi) is 3.37. The maximum atomic E-state index is 5.86. The Labute approximate surface area is 100 Å². The van der Waals surface area contributed by atoms with Gasteiger partial charge >= 0.3 is 0 Å². The molecule has 1 aromatic carbocycles. The van der Waals surface area contributed by atoms with Crippen molar-refractivity contribution in [1.29, 1.82) is 0 Å². The molecule has 0 aliphatic heterocycles. The molecule has 0 amide bonds. The third kappa shape index (κ3) is 2.31. The minimum Gasteiger partial charge on any atom is -0.260 e. The zero-order valence-electron chi connectivity index (χ0n) is 8.81. The highest BCUT2D eigenvalue weighted by atomic mass is 35.5. The molecule has 2 heteroatoms. The van der Waals surface area contributed by atoms with E-state index in [1.165, 1.54) is 0 Å². The van der Waals surface area contributed by atoms with E-state index < -0.39 is 0 Å². The molecular formula is C14H12ClN. The zero-order valence-corrected chi connectivity index (χ0v) is 9.56. The summed E-state index contributed by atoms with van der Waals surface area (Å²) in [5, 5.41) is 0.743. The number of aromatic nitrogens is 1. The smallest absolute Gasteiger partial charge is 0.0516 e. The lowest BCUT2D eigenvalue weighted by molar-refractivity contribution is 0.957. The number of allylic oxidation sites excluding steroid dienone is 1. The molecule has 2 aromatic rings. The molecule has 80 valence electrons. The van der Waals surface area contributed by atoms with Crippen LogP contribution in [0.4, 0.5) is 0 Å². The summed E-state index contributed by atoms with van der Waals surface area (Å²) < 4.78 is 0. The predicted octanol–water partition coefficient (Wildman–Crippen LogP) is 4.05. The van der Waals surface area contributed by atoms with Gasteiger partial charge in [-0.1, -0.05) is 35.9 Å². The van der Waals surface area contributed by atoms with Crippen molar-refractivity contribution in [2.75, 3.05) is 0 Å². The molecule has 0 bridgehead atoms. The molecule has 0 aliphatic carbocycles. The molecule has 0 aliphatic rings. The molecule has 1 nitrogen and oxygen atoms in total. The van der Waals surface area contributed by atoms with Crippen LogP contribution in [-0.4, -0.2) is 4.98 Å². The number of hydrogen-bond acceptors (Lipinski definition) is 1. The van der Waals surface area contributed by atoms with E-state index >= 15 is 0 Å². The molecule has 1 aromatic heterocycles. The third-order valence-electron chi connectivity index (χ3n) is 2.47. The fourth-order valence-corrected chi connectivity index (χ4v) is 1.78. The van der Waals surface area contributed by atoms with Crippen LogP contribution < -0.4 is 0 Å². The Bertz CT molecular complexity index is 462. The van der Waals surface area contributed by atoms with Gasteiger partial charge in [0.2, 0.25) is 0 Å². The van der Waals surface area contributed by atoms with Crippen molar-refractivity contribution in [2.45, 2.75) is 5.92 Å². The quantitative estimate of drug-likeness (QED) is 0.724. The Morgan fingerprint density at radius 1 is 1.12 bits per heavy atom. The summed E-state index contributed by atoms with van der Waals surface area (Å²) in [4.78, 5) is 4.34. The first-order valence-corrected chi connectivity index (χ1v) is 5.48. The van der Waals surface area contributed by atoms with Crippen molar-refractivity contribution in [3.05, 3.63) is 77.6 Å². The van der Waals surface area contributed by atoms with Gasteiger partial charge in [-0.15, -0.1) is 6.58 Å². The summed E-state index contributed by atoms with van der Waals surface area (Å²) in [7, 11) is 0. The summed E-state index contributed by atoms with van der Waals surface area (Å²) in [5.41, 5.74) is 2.15. The Morgan fingerprint density at radius 2 is 1.88 bits per heavy atom. The summed E-state index contributed by atoms with van der Waals surface area (Å²) in [6.45, 7) is 3.86. The molecule has 0 spiro atoms. The number of benzene rings is 1. The van der Waals surface area contributed by atoms with Gasteiger partial charge in [-0.3, -0.25) is 4.98 Å². The molecular weight excluding hydrogens is 218 g/mol. The van der Waals surface area contributed by atoms with E-state index in [1.54, 1.807) is 6.20 Å². The van der Waals surface area contributed by atoms with Gasteiger partial charge in [-0.2, -0.15) is 0 Å². The van der Waals surface area contributed by atoms with Crippen LogP contribution in [0.15, 0.2) is 61.3 Å². The first-order chi connectivity index (χ1) is 7.81. The molecule has 0 N–H and O–H groups in total. The standard InChI is InChI=1S/C14H12ClN/c1-2-13(14-5-3-4-10-16-14)11-6-8-12(15)9-7-11/h2-10,13H,1H2. The number of pyridine rings is 1. The van der Waals surface area contributed by atoms with Gasteiger partial charge in [-0.25, -0.2) is 0 Å². The number of halogens is 1. The largest absolute Gasteiger partial charge is 0.260 e. The van der Waals surface area contributed by atoms with Crippen LogP contribution in [0.25, 0.3) is 0 Å². The summed E-state index contributed by atoms with van der Waals surface area (Å²) in [6.07, 6.45) is 3.69. The van der Waals surface area contributed by atoms with Crippen LogP contribution in [-0.2, 0) is 0 Å². The van der Waals surface area contributed by atoms with Gasteiger partial charge in [0.05, 0.1) is 5.69 Å². The van der Waals surface area contributed by atoms with Gasteiger partial charge in [0.25, 0.3) is 0 Å². The predicted molar refractivity (Wildman–Crippen MR) is 67.7 cm³/mol. The number of rotatable bonds is 3. The number of nitrogens with zero attached hydrogens (tertiary/aromatic N) is 1. The van der Waals surface area contributed by atoms with Crippen molar-refractivity contribution in [3.8, 4) is 0 Å². The first-order valence-electron chi connectivity index (χ1n) is 5.10. The fraction of sp³-hybridized carbons (Fsp3) is 0.0714. The van der Waals surface area contributed by atoms with Crippen LogP contribution in [0, 0.1) is 0 Å². The minimum atomic E-state index is 0.124. The lowest BCUT2D eigenvalue weighted by Crippen LogP contribution is -1.99. The molecule has 1 unspecified atom stereocenters. The van der Waals surface area contributed by atoms with E-state index in [0.29, 0.717) is 0 Å². The average Bonchev–Trinajstić information content (AvgIpc) is 2.34. The van der Waals surface area contributed by atoms with Crippen molar-refractivity contribution >= 4 is 11.6 Å². The molecule has 16 heavy (non-hydrogen) atoms. The number of hydrogen-bond donors (Lipinski definition) is 0. The average molecular weight is 230 g/mol. The van der Waals surface area contributed by atoms with Crippen LogP contribution in [0.1, 0.15) is 17.2 Å². The van der Waals surface area contributed by atoms with Gasteiger partial charge in [0.15, 0.2) is 0 Å². The van der Waals surface area contributed by atoms with Crippen molar-refractivity contribution in [1.82, 2.24) is 4.98 Å². The van der Waals surface area contributed by atoms with E-state index in [2.05, 4.69) is 11.6 Å². The van der Waals surface area contributed by atoms with Crippen molar-refractivity contribution < 1.29 is 0 Å². The second-order valence-electron chi connectivity index (χ2n) is 3.52. The van der Waals surface area contributed by atoms with Crippen LogP contribution in [0.2, 0.25) is 5.02 Å². The fourth-order valence-electron chi connectivity index (χ4n) is 1.66. The molecule has 0 saturated heterocycles. The Balaban J connectivity index is 2.37. The SMILES string of the molecule is C=CC(c1ccc(Cl)cc1)c1ccccn1. The van der Waals surface area contributed by atoms with Crippen molar-refractivity contribution in [2.24, 2.45) is 0 Å². The molecule has 1 heterocycles. The van der Waals surface area contributed by atoms with E-state index in [4.69, 9.17) is 11.6 Å².